The molecule has 0 bridgehead atoms. The molecule has 1 heterocycles. The van der Waals surface area contributed by atoms with Crippen LogP contribution >= 0.6 is 11.6 Å². The molecule has 4 N–H and O–H groups in total. The van der Waals surface area contributed by atoms with Gasteiger partial charge in [-0.3, -0.25) is 9.59 Å². The van der Waals surface area contributed by atoms with Gasteiger partial charge in [-0.2, -0.15) is 0 Å². The van der Waals surface area contributed by atoms with Gasteiger partial charge in [0.15, 0.2) is 0 Å². The van der Waals surface area contributed by atoms with Crippen molar-refractivity contribution in [3.8, 4) is 11.1 Å². The lowest BCUT2D eigenvalue weighted by molar-refractivity contribution is -0.121. The zero-order valence-electron chi connectivity index (χ0n) is 17.8. The molecule has 1 atom stereocenters. The van der Waals surface area contributed by atoms with Crippen LogP contribution < -0.4 is 21.3 Å². The molecule has 33 heavy (non-hydrogen) atoms. The molecule has 0 saturated carbocycles. The minimum atomic E-state index is -0.624. The Hall–Kier alpha value is -3.84. The van der Waals surface area contributed by atoms with Crippen LogP contribution in [0.2, 0.25) is 5.02 Å². The van der Waals surface area contributed by atoms with E-state index in [1.54, 1.807) is 41.3 Å². The normalized spacial score (nSPS) is 15.7. The molecule has 0 unspecified atom stereocenters. The summed E-state index contributed by atoms with van der Waals surface area (Å²) in [6, 6.07) is 20.2. The first-order valence-corrected chi connectivity index (χ1v) is 10.9. The molecule has 4 rings (SSSR count). The predicted octanol–water partition coefficient (Wildman–Crippen LogP) is 4.42. The van der Waals surface area contributed by atoms with E-state index >= 15 is 0 Å². The summed E-state index contributed by atoms with van der Waals surface area (Å²) in [4.78, 5) is 38.8. The second-order valence-electron chi connectivity index (χ2n) is 7.75. The summed E-state index contributed by atoms with van der Waals surface area (Å²) in [5.41, 5.74) is 8.81. The van der Waals surface area contributed by atoms with Crippen LogP contribution in [0.25, 0.3) is 11.1 Å². The maximum absolute atomic E-state index is 13.1. The number of nitrogens with zero attached hydrogens (tertiary/aromatic N) is 1. The van der Waals surface area contributed by atoms with Gasteiger partial charge in [-0.25, -0.2) is 4.79 Å². The van der Waals surface area contributed by atoms with Crippen molar-refractivity contribution in [2.75, 3.05) is 16.8 Å². The fourth-order valence-electron chi connectivity index (χ4n) is 3.89. The molecule has 1 fully saturated rings. The van der Waals surface area contributed by atoms with Gasteiger partial charge >= 0.3 is 6.03 Å². The van der Waals surface area contributed by atoms with Gasteiger partial charge in [0.2, 0.25) is 11.8 Å². The maximum atomic E-state index is 13.1. The molecule has 0 aromatic heterocycles. The molecule has 1 aliphatic heterocycles. The third kappa shape index (κ3) is 5.15. The molecule has 1 aliphatic rings. The van der Waals surface area contributed by atoms with Crippen molar-refractivity contribution >= 4 is 40.8 Å². The Balaban J connectivity index is 1.45. The Morgan fingerprint density at radius 1 is 0.970 bits per heavy atom. The van der Waals surface area contributed by atoms with Crippen LogP contribution in [0.5, 0.6) is 0 Å². The van der Waals surface area contributed by atoms with Crippen molar-refractivity contribution in [3.05, 3.63) is 83.4 Å². The number of rotatable bonds is 5. The fraction of sp³-hybridized carbons (Fsp3) is 0.160. The quantitative estimate of drug-likeness (QED) is 0.522. The molecule has 0 radical (unpaired) electrons. The van der Waals surface area contributed by atoms with E-state index in [9.17, 15) is 14.4 Å². The summed E-state index contributed by atoms with van der Waals surface area (Å²) >= 11 is 5.86. The van der Waals surface area contributed by atoms with Crippen LogP contribution in [0.4, 0.5) is 16.2 Å². The fourth-order valence-corrected chi connectivity index (χ4v) is 4.02. The van der Waals surface area contributed by atoms with Crippen molar-refractivity contribution in [2.45, 2.75) is 18.9 Å². The summed E-state index contributed by atoms with van der Waals surface area (Å²) in [5, 5.41) is 6.05. The van der Waals surface area contributed by atoms with Gasteiger partial charge in [-0.1, -0.05) is 41.9 Å². The number of benzene rings is 3. The van der Waals surface area contributed by atoms with Crippen LogP contribution in [-0.4, -0.2) is 30.4 Å². The molecule has 1 saturated heterocycles. The standard InChI is InChI=1S/C25H23ClN4O3/c26-17-9-11-18(12-10-17)28-25(33)29-22-6-3-15-30(24(22)32)19-13-7-16(8-14-19)20-4-1-2-5-21(20)23(27)31/h1-2,4-5,7-14,22H,3,6,15H2,(H2,27,31)(H2,28,29,33)/t22-/m1/s1. The van der Waals surface area contributed by atoms with Gasteiger partial charge in [0, 0.05) is 28.5 Å². The molecule has 3 aromatic rings. The maximum Gasteiger partial charge on any atom is 0.319 e. The number of hydrogen-bond acceptors (Lipinski definition) is 3. The van der Waals surface area contributed by atoms with Gasteiger partial charge in [-0.05, 0) is 66.4 Å². The summed E-state index contributed by atoms with van der Waals surface area (Å²) in [6.45, 7) is 0.563. The van der Waals surface area contributed by atoms with Crippen molar-refractivity contribution in [3.63, 3.8) is 0 Å². The molecule has 8 heteroatoms. The Labute approximate surface area is 196 Å². The largest absolute Gasteiger partial charge is 0.366 e. The number of nitrogens with two attached hydrogens (primary N) is 1. The zero-order valence-corrected chi connectivity index (χ0v) is 18.5. The second-order valence-corrected chi connectivity index (χ2v) is 8.18. The first kappa shape index (κ1) is 22.4. The Bertz CT molecular complexity index is 1180. The van der Waals surface area contributed by atoms with Gasteiger partial charge in [-0.15, -0.1) is 0 Å². The lowest BCUT2D eigenvalue weighted by Crippen LogP contribution is -2.53. The van der Waals surface area contributed by atoms with Crippen molar-refractivity contribution < 1.29 is 14.4 Å². The number of hydrogen-bond donors (Lipinski definition) is 3. The minimum Gasteiger partial charge on any atom is -0.366 e. The first-order chi connectivity index (χ1) is 15.9. The van der Waals surface area contributed by atoms with E-state index in [2.05, 4.69) is 10.6 Å². The Kier molecular flexibility index (Phi) is 6.60. The highest BCUT2D eigenvalue weighted by Gasteiger charge is 2.30. The summed E-state index contributed by atoms with van der Waals surface area (Å²) < 4.78 is 0. The van der Waals surface area contributed by atoms with Gasteiger partial charge in [0.25, 0.3) is 0 Å². The molecular formula is C25H23ClN4O3. The molecule has 0 spiro atoms. The van der Waals surface area contributed by atoms with Crippen molar-refractivity contribution in [2.24, 2.45) is 5.73 Å². The number of amides is 4. The number of nitrogens with one attached hydrogen (secondary N) is 2. The molecule has 3 aromatic carbocycles. The van der Waals surface area contributed by atoms with Gasteiger partial charge in [0.1, 0.15) is 6.04 Å². The average molecular weight is 463 g/mol. The predicted molar refractivity (Wildman–Crippen MR) is 129 cm³/mol. The highest BCUT2D eigenvalue weighted by molar-refractivity contribution is 6.30. The lowest BCUT2D eigenvalue weighted by atomic mass is 9.98. The number of carbonyl (C=O) groups excluding carboxylic acids is 3. The van der Waals surface area contributed by atoms with Gasteiger partial charge < -0.3 is 21.3 Å². The number of anilines is 2. The lowest BCUT2D eigenvalue weighted by Gasteiger charge is -2.32. The van der Waals surface area contributed by atoms with E-state index < -0.39 is 18.0 Å². The van der Waals surface area contributed by atoms with E-state index in [1.165, 1.54) is 0 Å². The van der Waals surface area contributed by atoms with E-state index in [-0.39, 0.29) is 5.91 Å². The van der Waals surface area contributed by atoms with Crippen LogP contribution in [0.3, 0.4) is 0 Å². The number of carbonyl (C=O) groups is 3. The van der Waals surface area contributed by atoms with Crippen LogP contribution in [-0.2, 0) is 4.79 Å². The zero-order chi connectivity index (χ0) is 23.4. The van der Waals surface area contributed by atoms with E-state index in [0.717, 1.165) is 23.2 Å². The second kappa shape index (κ2) is 9.75. The Morgan fingerprint density at radius 3 is 2.36 bits per heavy atom. The SMILES string of the molecule is NC(=O)c1ccccc1-c1ccc(N2CCC[C@@H](NC(=O)Nc3ccc(Cl)cc3)C2=O)cc1. The Morgan fingerprint density at radius 2 is 1.67 bits per heavy atom. The minimum absolute atomic E-state index is 0.169. The highest BCUT2D eigenvalue weighted by Crippen LogP contribution is 2.28. The average Bonchev–Trinajstić information content (AvgIpc) is 2.82. The topological polar surface area (TPSA) is 105 Å². The van der Waals surface area contributed by atoms with E-state index in [4.69, 9.17) is 17.3 Å². The monoisotopic (exact) mass is 462 g/mol. The third-order valence-electron chi connectivity index (χ3n) is 5.53. The van der Waals surface area contributed by atoms with Crippen molar-refractivity contribution in [1.82, 2.24) is 5.32 Å². The number of urea groups is 1. The number of piperidine rings is 1. The van der Waals surface area contributed by atoms with E-state index in [1.807, 2.05) is 36.4 Å². The highest BCUT2D eigenvalue weighted by atomic mass is 35.5. The number of primary amides is 1. The van der Waals surface area contributed by atoms with Gasteiger partial charge in [0.05, 0.1) is 0 Å². The first-order valence-electron chi connectivity index (χ1n) is 10.6. The molecular weight excluding hydrogens is 440 g/mol. The summed E-state index contributed by atoms with van der Waals surface area (Å²) in [7, 11) is 0. The smallest absolute Gasteiger partial charge is 0.319 e. The molecule has 0 aliphatic carbocycles. The van der Waals surface area contributed by atoms with Crippen LogP contribution in [0.1, 0.15) is 23.2 Å². The summed E-state index contributed by atoms with van der Waals surface area (Å²) in [6.07, 6.45) is 1.32. The molecule has 4 amide bonds. The van der Waals surface area contributed by atoms with Crippen molar-refractivity contribution in [1.29, 1.82) is 0 Å². The third-order valence-corrected chi connectivity index (χ3v) is 5.78. The summed E-state index contributed by atoms with van der Waals surface area (Å²) in [5.74, 6) is -0.663. The van der Waals surface area contributed by atoms with Crippen LogP contribution in [0.15, 0.2) is 72.8 Å². The van der Waals surface area contributed by atoms with Crippen LogP contribution in [0, 0.1) is 0 Å². The molecule has 7 nitrogen and oxygen atoms in total. The number of halogens is 1. The molecule has 168 valence electrons. The van der Waals surface area contributed by atoms with E-state index in [0.29, 0.717) is 29.2 Å².